The summed E-state index contributed by atoms with van der Waals surface area (Å²) in [7, 11) is 0. The van der Waals surface area contributed by atoms with Gasteiger partial charge in [0.1, 0.15) is 11.2 Å². The van der Waals surface area contributed by atoms with Crippen LogP contribution in [0.5, 0.6) is 0 Å². The van der Waals surface area contributed by atoms with Crippen LogP contribution < -0.4 is 4.90 Å². The van der Waals surface area contributed by atoms with Crippen molar-refractivity contribution in [1.29, 1.82) is 0 Å². The fraction of sp³-hybridized carbons (Fsp3) is 0. The largest absolute Gasteiger partial charge is 0.455 e. The van der Waals surface area contributed by atoms with E-state index in [-0.39, 0.29) is 0 Å². The maximum Gasteiger partial charge on any atom is 0.143 e. The molecule has 2 heteroatoms. The molecule has 12 aromatic rings. The Morgan fingerprint density at radius 2 is 0.694 bits per heavy atom. The van der Waals surface area contributed by atoms with E-state index in [2.05, 4.69) is 241 Å². The van der Waals surface area contributed by atoms with E-state index in [1.54, 1.807) is 0 Å². The second-order valence-electron chi connectivity index (χ2n) is 16.0. The van der Waals surface area contributed by atoms with Crippen LogP contribution in [0.2, 0.25) is 0 Å². The fourth-order valence-electron chi connectivity index (χ4n) is 9.59. The number of anilines is 3. The van der Waals surface area contributed by atoms with Gasteiger partial charge in [0.25, 0.3) is 0 Å². The Labute approximate surface area is 360 Å². The van der Waals surface area contributed by atoms with E-state index in [1.165, 1.54) is 38.4 Å². The number of fused-ring (bicyclic) bond motifs is 9. The minimum Gasteiger partial charge on any atom is -0.455 e. The minimum absolute atomic E-state index is 0.894. The second kappa shape index (κ2) is 14.8. The molecule has 0 radical (unpaired) electrons. The molecule has 0 amide bonds. The summed E-state index contributed by atoms with van der Waals surface area (Å²) in [5.41, 5.74) is 14.3. The van der Waals surface area contributed by atoms with Gasteiger partial charge in [-0.05, 0) is 96.9 Å². The number of rotatable bonds is 7. The number of benzene rings is 11. The van der Waals surface area contributed by atoms with E-state index in [4.69, 9.17) is 4.42 Å². The Hall–Kier alpha value is -8.20. The van der Waals surface area contributed by atoms with Gasteiger partial charge in [-0.25, -0.2) is 0 Å². The first kappa shape index (κ1) is 35.7. The summed E-state index contributed by atoms with van der Waals surface area (Å²) in [6.07, 6.45) is 0. The first-order valence-electron chi connectivity index (χ1n) is 21.3. The van der Waals surface area contributed by atoms with E-state index < -0.39 is 0 Å². The summed E-state index contributed by atoms with van der Waals surface area (Å²) in [5, 5.41) is 9.31. The molecule has 0 saturated carbocycles. The number of hydrogen-bond acceptors (Lipinski definition) is 2. The summed E-state index contributed by atoms with van der Waals surface area (Å²) in [6, 6.07) is 85.2. The topological polar surface area (TPSA) is 16.4 Å². The van der Waals surface area contributed by atoms with E-state index in [9.17, 15) is 0 Å². The number of nitrogens with zero attached hydrogens (tertiary/aromatic N) is 1. The van der Waals surface area contributed by atoms with Crippen molar-refractivity contribution >= 4 is 71.3 Å². The molecule has 0 fully saturated rings. The van der Waals surface area contributed by atoms with Crippen molar-refractivity contribution in [2.24, 2.45) is 0 Å². The van der Waals surface area contributed by atoms with E-state index >= 15 is 0 Å². The Kier molecular flexibility index (Phi) is 8.53. The van der Waals surface area contributed by atoms with Crippen LogP contribution >= 0.6 is 0 Å². The molecule has 0 aliphatic heterocycles. The summed E-state index contributed by atoms with van der Waals surface area (Å²) in [5.74, 6) is 0. The highest BCUT2D eigenvalue weighted by molar-refractivity contribution is 6.31. The van der Waals surface area contributed by atoms with Crippen molar-refractivity contribution in [3.63, 3.8) is 0 Å². The Morgan fingerprint density at radius 3 is 1.27 bits per heavy atom. The van der Waals surface area contributed by atoms with Gasteiger partial charge in [-0.2, -0.15) is 0 Å². The lowest BCUT2D eigenvalue weighted by molar-refractivity contribution is 0.674. The quantitative estimate of drug-likeness (QED) is 0.150. The SMILES string of the molecule is c1ccc(-c2ccc(N(c3ccc(-c4ccccc4)cc3)c3ccc(-c4c(-c5ccccc5)ccc5c4oc4c6ccccc6c6ccccc6c54)c4ccccc34)cc2)cc1. The predicted octanol–water partition coefficient (Wildman–Crippen LogP) is 17.2. The molecule has 0 bridgehead atoms. The highest BCUT2D eigenvalue weighted by Crippen LogP contribution is 2.49. The minimum atomic E-state index is 0.894. The first-order valence-corrected chi connectivity index (χ1v) is 21.3. The lowest BCUT2D eigenvalue weighted by Gasteiger charge is -2.28. The van der Waals surface area contributed by atoms with Crippen LogP contribution in [0.25, 0.3) is 98.8 Å². The summed E-state index contributed by atoms with van der Waals surface area (Å²) >= 11 is 0. The molecule has 1 aromatic heterocycles. The highest BCUT2D eigenvalue weighted by atomic mass is 16.3. The third-order valence-electron chi connectivity index (χ3n) is 12.5. The molecule has 0 spiro atoms. The fourth-order valence-corrected chi connectivity index (χ4v) is 9.59. The van der Waals surface area contributed by atoms with Gasteiger partial charge in [0, 0.05) is 38.5 Å². The van der Waals surface area contributed by atoms with E-state index in [1.807, 2.05) is 0 Å². The lowest BCUT2D eigenvalue weighted by Crippen LogP contribution is -2.10. The molecule has 11 aromatic carbocycles. The van der Waals surface area contributed by atoms with Crippen molar-refractivity contribution in [3.05, 3.63) is 237 Å². The second-order valence-corrected chi connectivity index (χ2v) is 16.0. The van der Waals surface area contributed by atoms with Crippen LogP contribution in [0.15, 0.2) is 241 Å². The maximum atomic E-state index is 7.27. The van der Waals surface area contributed by atoms with Gasteiger partial charge in [-0.1, -0.05) is 200 Å². The predicted molar refractivity (Wildman–Crippen MR) is 263 cm³/mol. The average Bonchev–Trinajstić information content (AvgIpc) is 3.76. The normalized spacial score (nSPS) is 11.5. The van der Waals surface area contributed by atoms with Crippen LogP contribution in [0.3, 0.4) is 0 Å². The van der Waals surface area contributed by atoms with Crippen molar-refractivity contribution in [3.8, 4) is 44.5 Å². The van der Waals surface area contributed by atoms with Gasteiger partial charge in [0.05, 0.1) is 5.69 Å². The molecule has 0 unspecified atom stereocenters. The molecule has 0 aliphatic carbocycles. The molecular weight excluding hydrogens is 751 g/mol. The zero-order chi connectivity index (χ0) is 41.0. The van der Waals surface area contributed by atoms with Gasteiger partial charge >= 0.3 is 0 Å². The lowest BCUT2D eigenvalue weighted by atomic mass is 9.88. The number of hydrogen-bond donors (Lipinski definition) is 0. The highest BCUT2D eigenvalue weighted by Gasteiger charge is 2.24. The molecule has 0 N–H and O–H groups in total. The van der Waals surface area contributed by atoms with Gasteiger partial charge in [0.2, 0.25) is 0 Å². The average molecular weight is 790 g/mol. The Morgan fingerprint density at radius 1 is 0.258 bits per heavy atom. The zero-order valence-corrected chi connectivity index (χ0v) is 33.9. The molecule has 2 nitrogen and oxygen atoms in total. The maximum absolute atomic E-state index is 7.27. The van der Waals surface area contributed by atoms with Crippen LogP contribution in [0.1, 0.15) is 0 Å². The molecule has 62 heavy (non-hydrogen) atoms. The van der Waals surface area contributed by atoms with Crippen molar-refractivity contribution in [2.75, 3.05) is 4.90 Å². The summed E-state index contributed by atoms with van der Waals surface area (Å²) in [6.45, 7) is 0. The third-order valence-corrected chi connectivity index (χ3v) is 12.5. The standard InChI is InChI=1S/C60H39NO/c1-4-16-40(17-5-1)42-28-32-45(33-29-42)61(46-34-30-43(31-35-46)41-18-6-2-7-19-41)56-39-38-53(50-24-10-13-25-51(50)56)57-47(44-20-8-3-9-21-44)36-37-55-58-52-26-14-11-22-48(52)49-23-12-15-27-54(49)59(58)62-60(55)57/h1-39H. The van der Waals surface area contributed by atoms with Crippen molar-refractivity contribution in [1.82, 2.24) is 0 Å². The molecule has 12 rings (SSSR count). The number of furan rings is 1. The molecule has 1 heterocycles. The van der Waals surface area contributed by atoms with E-state index in [0.29, 0.717) is 0 Å². The summed E-state index contributed by atoms with van der Waals surface area (Å²) < 4.78 is 7.27. The van der Waals surface area contributed by atoms with Crippen LogP contribution in [0.4, 0.5) is 17.1 Å². The van der Waals surface area contributed by atoms with Gasteiger partial charge in [0.15, 0.2) is 0 Å². The first-order chi connectivity index (χ1) is 30.8. The van der Waals surface area contributed by atoms with Crippen LogP contribution in [-0.4, -0.2) is 0 Å². The molecule has 290 valence electrons. The third kappa shape index (κ3) is 5.88. The van der Waals surface area contributed by atoms with Crippen molar-refractivity contribution in [2.45, 2.75) is 0 Å². The molecule has 0 atom stereocenters. The Balaban J connectivity index is 1.11. The smallest absolute Gasteiger partial charge is 0.143 e. The van der Waals surface area contributed by atoms with E-state index in [0.717, 1.165) is 77.4 Å². The molecule has 0 saturated heterocycles. The molecular formula is C60H39NO. The Bertz CT molecular complexity index is 3510. The monoisotopic (exact) mass is 789 g/mol. The van der Waals surface area contributed by atoms with Crippen LogP contribution in [-0.2, 0) is 0 Å². The molecule has 0 aliphatic rings. The van der Waals surface area contributed by atoms with Gasteiger partial charge in [-0.3, -0.25) is 0 Å². The zero-order valence-electron chi connectivity index (χ0n) is 33.9. The van der Waals surface area contributed by atoms with Gasteiger partial charge in [-0.15, -0.1) is 0 Å². The van der Waals surface area contributed by atoms with Crippen molar-refractivity contribution < 1.29 is 4.42 Å². The van der Waals surface area contributed by atoms with Crippen LogP contribution in [0, 0.1) is 0 Å². The van der Waals surface area contributed by atoms with Gasteiger partial charge < -0.3 is 9.32 Å². The summed E-state index contributed by atoms with van der Waals surface area (Å²) in [4.78, 5) is 2.40.